The fourth-order valence-electron chi connectivity index (χ4n) is 1.23. The van der Waals surface area contributed by atoms with Gasteiger partial charge in [0.2, 0.25) is 14.0 Å². The van der Waals surface area contributed by atoms with Gasteiger partial charge in [-0.3, -0.25) is 9.13 Å². The van der Waals surface area contributed by atoms with Crippen molar-refractivity contribution in [3.63, 3.8) is 0 Å². The Morgan fingerprint density at radius 1 is 1.39 bits per heavy atom. The maximum Gasteiger partial charge on any atom is 0.368 e. The van der Waals surface area contributed by atoms with E-state index in [1.54, 1.807) is 13.8 Å². The fourth-order valence-corrected chi connectivity index (χ4v) is 3.25. The summed E-state index contributed by atoms with van der Waals surface area (Å²) in [5.74, 6) is 0. The van der Waals surface area contributed by atoms with Crippen LogP contribution in [-0.4, -0.2) is 29.2 Å². The van der Waals surface area contributed by atoms with Crippen LogP contribution in [0.2, 0.25) is 0 Å². The van der Waals surface area contributed by atoms with E-state index in [0.29, 0.717) is 19.4 Å². The molecule has 0 saturated heterocycles. The van der Waals surface area contributed by atoms with Crippen LogP contribution in [0.4, 0.5) is 0 Å². The van der Waals surface area contributed by atoms with Crippen molar-refractivity contribution in [1.82, 2.24) is 0 Å². The van der Waals surface area contributed by atoms with Crippen LogP contribution < -0.4 is 5.73 Å². The molecular formula is C10H23NO5P2. The minimum Gasteiger partial charge on any atom is -0.351 e. The second kappa shape index (κ2) is 9.13. The van der Waals surface area contributed by atoms with Gasteiger partial charge in [0.1, 0.15) is 0 Å². The van der Waals surface area contributed by atoms with Crippen molar-refractivity contribution in [2.75, 3.05) is 6.54 Å². The highest BCUT2D eigenvalue weighted by Gasteiger charge is 2.37. The molecule has 0 saturated carbocycles. The first-order valence-electron chi connectivity index (χ1n) is 6.06. The van der Waals surface area contributed by atoms with E-state index in [0.717, 1.165) is 6.42 Å². The number of nitrogens with two attached hydrogens (primary N) is 1. The highest BCUT2D eigenvalue weighted by molar-refractivity contribution is 7.62. The van der Waals surface area contributed by atoms with Crippen LogP contribution >= 0.6 is 16.1 Å². The van der Waals surface area contributed by atoms with Crippen LogP contribution in [0.5, 0.6) is 0 Å². The van der Waals surface area contributed by atoms with Gasteiger partial charge >= 0.3 is 7.60 Å². The zero-order valence-corrected chi connectivity index (χ0v) is 12.9. The first kappa shape index (κ1) is 18.2. The second-order valence-corrected chi connectivity index (χ2v) is 7.09. The Morgan fingerprint density at radius 3 is 2.44 bits per heavy atom. The first-order chi connectivity index (χ1) is 8.37. The van der Waals surface area contributed by atoms with Gasteiger partial charge < -0.3 is 19.9 Å². The quantitative estimate of drug-likeness (QED) is 0.602. The molecule has 0 aliphatic rings. The maximum absolute atomic E-state index is 11.9. The van der Waals surface area contributed by atoms with Crippen LogP contribution in [0, 0.1) is 0 Å². The summed E-state index contributed by atoms with van der Waals surface area (Å²) in [6, 6.07) is 0. The molecule has 8 heteroatoms. The Morgan fingerprint density at radius 2 is 2.00 bits per heavy atom. The van der Waals surface area contributed by atoms with E-state index in [1.807, 2.05) is 6.92 Å². The average Bonchev–Trinajstić information content (AvgIpc) is 2.32. The van der Waals surface area contributed by atoms with Crippen LogP contribution in [0.15, 0.2) is 0 Å². The third-order valence-electron chi connectivity index (χ3n) is 2.44. The summed E-state index contributed by atoms with van der Waals surface area (Å²) >= 11 is 0. The molecule has 0 aromatic heterocycles. The standard InChI is InChI=1S/C10H23NO5P2/c1-4-8(2)16-18(13,14)10(17-12)15-9(3)6-5-7-11/h8-10H,4-7,11H2,1-3H3,(H,13,14). The molecule has 0 aromatic rings. The van der Waals surface area contributed by atoms with Gasteiger partial charge in [-0.1, -0.05) is 6.92 Å². The lowest BCUT2D eigenvalue weighted by Crippen LogP contribution is -2.19. The lowest BCUT2D eigenvalue weighted by Gasteiger charge is -2.23. The molecule has 0 spiro atoms. The summed E-state index contributed by atoms with van der Waals surface area (Å²) in [5, 5.41) is 0. The van der Waals surface area contributed by atoms with Crippen molar-refractivity contribution in [3.05, 3.63) is 0 Å². The molecule has 4 atom stereocenters. The van der Waals surface area contributed by atoms with Gasteiger partial charge in [-0.15, -0.1) is 0 Å². The van der Waals surface area contributed by atoms with Crippen molar-refractivity contribution in [2.24, 2.45) is 5.73 Å². The first-order valence-corrected chi connectivity index (χ1v) is 8.59. The second-order valence-electron chi connectivity index (χ2n) is 4.20. The average molecular weight is 299 g/mol. The molecule has 6 nitrogen and oxygen atoms in total. The number of hydrogen-bond acceptors (Lipinski definition) is 5. The summed E-state index contributed by atoms with van der Waals surface area (Å²) in [5.41, 5.74) is 4.03. The van der Waals surface area contributed by atoms with Gasteiger partial charge in [0.25, 0.3) is 0 Å². The zero-order valence-electron chi connectivity index (χ0n) is 11.1. The Kier molecular flexibility index (Phi) is 9.22. The van der Waals surface area contributed by atoms with Crippen LogP contribution in [0.1, 0.15) is 40.0 Å². The summed E-state index contributed by atoms with van der Waals surface area (Å²) < 4.78 is 33.2. The topological polar surface area (TPSA) is 98.8 Å². The van der Waals surface area contributed by atoms with Crippen molar-refractivity contribution in [3.8, 4) is 0 Å². The molecule has 0 fully saturated rings. The Labute approximate surface area is 110 Å². The van der Waals surface area contributed by atoms with Crippen molar-refractivity contribution >= 4 is 16.1 Å². The molecule has 0 aliphatic heterocycles. The van der Waals surface area contributed by atoms with Crippen molar-refractivity contribution < 1.29 is 23.3 Å². The van der Waals surface area contributed by atoms with E-state index in [9.17, 15) is 14.0 Å². The largest absolute Gasteiger partial charge is 0.368 e. The highest BCUT2D eigenvalue weighted by atomic mass is 31.2. The van der Waals surface area contributed by atoms with Crippen LogP contribution in [0.25, 0.3) is 0 Å². The van der Waals surface area contributed by atoms with Gasteiger partial charge in [0, 0.05) is 0 Å². The molecule has 0 radical (unpaired) electrons. The van der Waals surface area contributed by atoms with Gasteiger partial charge in [-0.25, -0.2) is 0 Å². The van der Waals surface area contributed by atoms with E-state index in [-0.39, 0.29) is 12.2 Å². The Bertz CT molecular complexity index is 289. The third kappa shape index (κ3) is 6.93. The fraction of sp³-hybridized carbons (Fsp3) is 1.00. The minimum atomic E-state index is -4.04. The molecule has 0 heterocycles. The van der Waals surface area contributed by atoms with Gasteiger partial charge in [-0.2, -0.15) is 0 Å². The van der Waals surface area contributed by atoms with E-state index in [1.165, 1.54) is 0 Å². The normalized spacial score (nSPS) is 20.3. The molecule has 0 amide bonds. The number of hydrogen-bond donors (Lipinski definition) is 2. The predicted molar refractivity (Wildman–Crippen MR) is 70.9 cm³/mol. The summed E-state index contributed by atoms with van der Waals surface area (Å²) in [6.07, 6.45) is 1.31. The molecule has 18 heavy (non-hydrogen) atoms. The zero-order chi connectivity index (χ0) is 14.2. The maximum atomic E-state index is 11.9. The minimum absolute atomic E-state index is 0.291. The number of ether oxygens (including phenoxy) is 1. The lowest BCUT2D eigenvalue weighted by molar-refractivity contribution is 0.0513. The Hall–Kier alpha value is 0.170. The molecule has 4 unspecified atom stereocenters. The van der Waals surface area contributed by atoms with Crippen molar-refractivity contribution in [1.29, 1.82) is 0 Å². The smallest absolute Gasteiger partial charge is 0.351 e. The molecule has 0 aliphatic carbocycles. The van der Waals surface area contributed by atoms with Gasteiger partial charge in [0.15, 0.2) is 0 Å². The lowest BCUT2D eigenvalue weighted by atomic mass is 10.2. The highest BCUT2D eigenvalue weighted by Crippen LogP contribution is 2.54. The number of rotatable bonds is 10. The van der Waals surface area contributed by atoms with Gasteiger partial charge in [0.05, 0.1) is 12.2 Å². The molecule has 0 aromatic carbocycles. The monoisotopic (exact) mass is 299 g/mol. The SMILES string of the molecule is CCC(C)OP(=O)(O)C(OC(C)CCCN)P=O. The molecule has 108 valence electrons. The molecule has 0 bridgehead atoms. The van der Waals surface area contributed by atoms with Crippen molar-refractivity contribution in [2.45, 2.75) is 57.8 Å². The molecular weight excluding hydrogens is 276 g/mol. The molecule has 0 rings (SSSR count). The van der Waals surface area contributed by atoms with Gasteiger partial charge in [-0.05, 0) is 39.7 Å². The molecule has 3 N–H and O–H groups in total. The van der Waals surface area contributed by atoms with Crippen LogP contribution in [0.3, 0.4) is 0 Å². The van der Waals surface area contributed by atoms with E-state index in [2.05, 4.69) is 0 Å². The predicted octanol–water partition coefficient (Wildman–Crippen LogP) is 2.71. The van der Waals surface area contributed by atoms with E-state index in [4.69, 9.17) is 15.0 Å². The third-order valence-corrected chi connectivity index (χ3v) is 5.25. The van der Waals surface area contributed by atoms with E-state index >= 15 is 0 Å². The summed E-state index contributed by atoms with van der Waals surface area (Å²) in [4.78, 5) is 9.73. The summed E-state index contributed by atoms with van der Waals surface area (Å²) in [6.45, 7) is 5.78. The summed E-state index contributed by atoms with van der Waals surface area (Å²) in [7, 11) is -4.59. The van der Waals surface area contributed by atoms with E-state index < -0.39 is 21.6 Å². The van der Waals surface area contributed by atoms with Crippen LogP contribution in [-0.2, 0) is 18.4 Å². The Balaban J connectivity index is 4.46.